The lowest BCUT2D eigenvalue weighted by molar-refractivity contribution is -0.117. The largest absolute Gasteiger partial charge is 0.396 e. The Balaban J connectivity index is 2.37. The summed E-state index contributed by atoms with van der Waals surface area (Å²) in [5, 5.41) is 9.35. The number of rotatable bonds is 2. The number of anilines is 1. The highest BCUT2D eigenvalue weighted by Crippen LogP contribution is 2.38. The first-order valence-corrected chi connectivity index (χ1v) is 5.97. The predicted molar refractivity (Wildman–Crippen MR) is 67.9 cm³/mol. The minimum absolute atomic E-state index is 0.0105. The number of nitrogens with zero attached hydrogens (tertiary/aromatic N) is 1. The van der Waals surface area contributed by atoms with Crippen LogP contribution in [0.4, 0.5) is 5.69 Å². The van der Waals surface area contributed by atoms with Crippen molar-refractivity contribution in [3.63, 3.8) is 0 Å². The van der Waals surface area contributed by atoms with Gasteiger partial charge in [0.05, 0.1) is 0 Å². The molecule has 1 fully saturated rings. The molecular weight excluding hydrogens is 214 g/mol. The molecule has 1 unspecified atom stereocenters. The molecule has 1 aliphatic heterocycles. The average Bonchev–Trinajstić information content (AvgIpc) is 2.50. The summed E-state index contributed by atoms with van der Waals surface area (Å²) in [6.45, 7) is 6.11. The van der Waals surface area contributed by atoms with E-state index < -0.39 is 0 Å². The summed E-state index contributed by atoms with van der Waals surface area (Å²) in [7, 11) is 0. The topological polar surface area (TPSA) is 40.5 Å². The van der Waals surface area contributed by atoms with Crippen molar-refractivity contribution in [2.45, 2.75) is 32.7 Å². The van der Waals surface area contributed by atoms with Gasteiger partial charge in [0.1, 0.15) is 0 Å². The van der Waals surface area contributed by atoms with E-state index in [-0.39, 0.29) is 24.0 Å². The minimum atomic E-state index is -0.318. The summed E-state index contributed by atoms with van der Waals surface area (Å²) in [6.07, 6.45) is 0.428. The summed E-state index contributed by atoms with van der Waals surface area (Å²) in [5.74, 6) is 0.106. The first-order chi connectivity index (χ1) is 7.96. The van der Waals surface area contributed by atoms with Gasteiger partial charge in [0.15, 0.2) is 0 Å². The molecule has 0 aromatic heterocycles. The molecule has 2 rings (SSSR count). The van der Waals surface area contributed by atoms with E-state index in [4.69, 9.17) is 0 Å². The highest BCUT2D eigenvalue weighted by Gasteiger charge is 2.46. The van der Waals surface area contributed by atoms with Crippen molar-refractivity contribution in [3.8, 4) is 0 Å². The zero-order valence-corrected chi connectivity index (χ0v) is 10.6. The van der Waals surface area contributed by atoms with E-state index in [1.807, 2.05) is 49.9 Å². The van der Waals surface area contributed by atoms with Crippen LogP contribution in [0.15, 0.2) is 24.3 Å². The molecule has 0 aliphatic carbocycles. The molecular formula is C14H19NO2. The maximum absolute atomic E-state index is 12.1. The van der Waals surface area contributed by atoms with Gasteiger partial charge in [-0.25, -0.2) is 0 Å². The third-order valence-corrected chi connectivity index (χ3v) is 3.76. The second-order valence-corrected chi connectivity index (χ2v) is 5.30. The molecule has 1 atom stereocenters. The van der Waals surface area contributed by atoms with Crippen LogP contribution < -0.4 is 4.90 Å². The number of hydrogen-bond acceptors (Lipinski definition) is 2. The molecule has 3 heteroatoms. The molecule has 92 valence electrons. The van der Waals surface area contributed by atoms with Crippen LogP contribution in [0.5, 0.6) is 0 Å². The van der Waals surface area contributed by atoms with E-state index in [0.29, 0.717) is 6.42 Å². The van der Waals surface area contributed by atoms with Crippen LogP contribution in [-0.4, -0.2) is 23.2 Å². The van der Waals surface area contributed by atoms with Crippen molar-refractivity contribution in [1.29, 1.82) is 0 Å². The second kappa shape index (κ2) is 4.15. The number of hydrogen-bond donors (Lipinski definition) is 1. The smallest absolute Gasteiger partial charge is 0.227 e. The first kappa shape index (κ1) is 12.1. The lowest BCUT2D eigenvalue weighted by Gasteiger charge is -2.35. The summed E-state index contributed by atoms with van der Waals surface area (Å²) in [4.78, 5) is 13.9. The SMILES string of the molecule is Cc1ccc(N2C(=O)CC(CO)C2(C)C)cc1. The highest BCUT2D eigenvalue weighted by atomic mass is 16.3. The number of aryl methyl sites for hydroxylation is 1. The number of amides is 1. The van der Waals surface area contributed by atoms with Gasteiger partial charge in [0.2, 0.25) is 5.91 Å². The average molecular weight is 233 g/mol. The molecule has 17 heavy (non-hydrogen) atoms. The van der Waals surface area contributed by atoms with Gasteiger partial charge in [0.25, 0.3) is 0 Å². The normalized spacial score (nSPS) is 23.2. The van der Waals surface area contributed by atoms with Crippen LogP contribution in [0.25, 0.3) is 0 Å². The van der Waals surface area contributed by atoms with Crippen molar-refractivity contribution >= 4 is 11.6 Å². The van der Waals surface area contributed by atoms with Crippen molar-refractivity contribution in [2.24, 2.45) is 5.92 Å². The molecule has 3 nitrogen and oxygen atoms in total. The summed E-state index contributed by atoms with van der Waals surface area (Å²) in [6, 6.07) is 7.94. The number of aliphatic hydroxyl groups excluding tert-OH is 1. The summed E-state index contributed by atoms with van der Waals surface area (Å²) in [5.41, 5.74) is 1.78. The third-order valence-electron chi connectivity index (χ3n) is 3.76. The third kappa shape index (κ3) is 1.95. The molecule has 1 heterocycles. The van der Waals surface area contributed by atoms with Crippen molar-refractivity contribution in [3.05, 3.63) is 29.8 Å². The zero-order valence-electron chi connectivity index (χ0n) is 10.6. The van der Waals surface area contributed by atoms with E-state index >= 15 is 0 Å². The zero-order chi connectivity index (χ0) is 12.6. The fourth-order valence-electron chi connectivity index (χ4n) is 2.51. The second-order valence-electron chi connectivity index (χ2n) is 5.30. The Hall–Kier alpha value is -1.35. The van der Waals surface area contributed by atoms with Crippen LogP contribution >= 0.6 is 0 Å². The number of benzene rings is 1. The Labute approximate surface area is 102 Å². The maximum atomic E-state index is 12.1. The lowest BCUT2D eigenvalue weighted by atomic mass is 9.89. The fraction of sp³-hybridized carbons (Fsp3) is 0.500. The Morgan fingerprint density at radius 1 is 1.35 bits per heavy atom. The Morgan fingerprint density at radius 3 is 2.41 bits per heavy atom. The van der Waals surface area contributed by atoms with Gasteiger partial charge in [-0.2, -0.15) is 0 Å². The van der Waals surface area contributed by atoms with Gasteiger partial charge in [-0.15, -0.1) is 0 Å². The van der Waals surface area contributed by atoms with Gasteiger partial charge in [-0.1, -0.05) is 17.7 Å². The summed E-state index contributed by atoms with van der Waals surface area (Å²) >= 11 is 0. The fourth-order valence-corrected chi connectivity index (χ4v) is 2.51. The molecule has 1 amide bonds. The molecule has 0 radical (unpaired) electrons. The van der Waals surface area contributed by atoms with Gasteiger partial charge in [0, 0.05) is 30.2 Å². The van der Waals surface area contributed by atoms with Crippen molar-refractivity contribution < 1.29 is 9.90 Å². The molecule has 1 aliphatic rings. The van der Waals surface area contributed by atoms with Crippen molar-refractivity contribution in [2.75, 3.05) is 11.5 Å². The quantitative estimate of drug-likeness (QED) is 0.850. The Kier molecular flexibility index (Phi) is 2.96. The van der Waals surface area contributed by atoms with Gasteiger partial charge in [-0.05, 0) is 32.9 Å². The van der Waals surface area contributed by atoms with Crippen molar-refractivity contribution in [1.82, 2.24) is 0 Å². The van der Waals surface area contributed by atoms with Crippen LogP contribution in [-0.2, 0) is 4.79 Å². The minimum Gasteiger partial charge on any atom is -0.396 e. The van der Waals surface area contributed by atoms with E-state index in [9.17, 15) is 9.90 Å². The van der Waals surface area contributed by atoms with Gasteiger partial charge >= 0.3 is 0 Å². The monoisotopic (exact) mass is 233 g/mol. The van der Waals surface area contributed by atoms with Crippen LogP contribution in [0.2, 0.25) is 0 Å². The predicted octanol–water partition coefficient (Wildman–Crippen LogP) is 2.12. The van der Waals surface area contributed by atoms with Crippen LogP contribution in [0, 0.1) is 12.8 Å². The van der Waals surface area contributed by atoms with Gasteiger partial charge < -0.3 is 10.0 Å². The highest BCUT2D eigenvalue weighted by molar-refractivity contribution is 5.97. The van der Waals surface area contributed by atoms with E-state index in [1.54, 1.807) is 0 Å². The Bertz CT molecular complexity index is 422. The van der Waals surface area contributed by atoms with Gasteiger partial charge in [-0.3, -0.25) is 4.79 Å². The standard InChI is InChI=1S/C14H19NO2/c1-10-4-6-12(7-5-10)15-13(17)8-11(9-16)14(15,2)3/h4-7,11,16H,8-9H2,1-3H3. The first-order valence-electron chi connectivity index (χ1n) is 5.97. The number of carbonyl (C=O) groups is 1. The Morgan fingerprint density at radius 2 is 1.94 bits per heavy atom. The molecule has 1 N–H and O–H groups in total. The van der Waals surface area contributed by atoms with E-state index in [0.717, 1.165) is 5.69 Å². The van der Waals surface area contributed by atoms with E-state index in [2.05, 4.69) is 0 Å². The molecule has 0 bridgehead atoms. The lowest BCUT2D eigenvalue weighted by Crippen LogP contribution is -2.45. The number of carbonyl (C=O) groups excluding carboxylic acids is 1. The summed E-state index contributed by atoms with van der Waals surface area (Å²) < 4.78 is 0. The molecule has 1 aromatic rings. The molecule has 1 saturated heterocycles. The maximum Gasteiger partial charge on any atom is 0.227 e. The number of aliphatic hydroxyl groups is 1. The van der Waals surface area contributed by atoms with Crippen LogP contribution in [0.3, 0.4) is 0 Å². The van der Waals surface area contributed by atoms with Crippen LogP contribution in [0.1, 0.15) is 25.8 Å². The molecule has 0 saturated carbocycles. The van der Waals surface area contributed by atoms with E-state index in [1.165, 1.54) is 5.56 Å². The molecule has 1 aromatic carbocycles. The molecule has 0 spiro atoms.